The van der Waals surface area contributed by atoms with Crippen molar-refractivity contribution >= 4 is 17.1 Å². The number of hydrogen-bond donors (Lipinski definition) is 0. The van der Waals surface area contributed by atoms with E-state index in [0.29, 0.717) is 58.4 Å². The van der Waals surface area contributed by atoms with E-state index in [0.717, 1.165) is 43.2 Å². The van der Waals surface area contributed by atoms with Gasteiger partial charge in [-0.1, -0.05) is 106 Å². The zero-order chi connectivity index (χ0) is 44.3. The van der Waals surface area contributed by atoms with Crippen molar-refractivity contribution in [2.24, 2.45) is 23.7 Å². The first-order valence-corrected chi connectivity index (χ1v) is 18.3. The second-order valence-corrected chi connectivity index (χ2v) is 16.7. The molecule has 1 heterocycles. The number of para-hydroxylation sites is 2. The Labute approximate surface area is 315 Å². The Hall–Kier alpha value is -4.30. The minimum Gasteiger partial charge on any atom is -0.455 e. The molecule has 1 spiro atoms. The average molecular weight is 668 g/mol. The predicted octanol–water partition coefficient (Wildman–Crippen LogP) is 13.0. The highest BCUT2D eigenvalue weighted by Gasteiger charge is 2.61. The van der Waals surface area contributed by atoms with E-state index in [1.54, 1.807) is 6.07 Å². The number of ether oxygens (including phenoxy) is 1. The molecule has 0 atom stereocenters. The second-order valence-electron chi connectivity index (χ2n) is 16.7. The van der Waals surface area contributed by atoms with E-state index in [9.17, 15) is 9.60 Å². The van der Waals surface area contributed by atoms with E-state index in [2.05, 4.69) is 18.2 Å². The SMILES string of the molecule is [2H]c1c([2H])c([2H])c(-c2c([2H])c([2H])c(N(c3cccc4c3Oc3ccccc3C43C4CC5CC(C4)CC3C5)c3c([2H])c([2H])c4c(c3[2H])C(C)(C)CCC4(C)C)c([2H])c2[2H])c([2H])c1[2H]. The Bertz CT molecular complexity index is 2710. The molecule has 0 N–H and O–H groups in total. The molecule has 0 amide bonds. The van der Waals surface area contributed by atoms with Crippen LogP contribution in [0, 0.1) is 23.7 Å². The fraction of sp³-hybridized carbons (Fsp3) is 0.375. The van der Waals surface area contributed by atoms with Gasteiger partial charge in [0, 0.05) is 27.9 Å². The fourth-order valence-electron chi connectivity index (χ4n) is 10.8. The molecular formula is C48H49NO. The Kier molecular flexibility index (Phi) is 4.45. The molecular weight excluding hydrogens is 607 g/mol. The van der Waals surface area contributed by atoms with Crippen LogP contribution in [0.3, 0.4) is 0 Å². The molecule has 1 aliphatic heterocycles. The van der Waals surface area contributed by atoms with Crippen molar-refractivity contribution in [3.05, 3.63) is 137 Å². The molecule has 2 nitrogen and oxygen atoms in total. The molecule has 5 aromatic carbocycles. The van der Waals surface area contributed by atoms with Crippen molar-refractivity contribution in [3.8, 4) is 22.6 Å². The molecule has 0 aromatic heterocycles. The van der Waals surface area contributed by atoms with Gasteiger partial charge >= 0.3 is 0 Å². The maximum atomic E-state index is 10.1. The molecule has 252 valence electrons. The lowest BCUT2D eigenvalue weighted by atomic mass is 9.42. The van der Waals surface area contributed by atoms with Crippen LogP contribution in [0.15, 0.2) is 115 Å². The smallest absolute Gasteiger partial charge is 0.155 e. The van der Waals surface area contributed by atoms with Crippen LogP contribution in [-0.2, 0) is 16.2 Å². The maximum absolute atomic E-state index is 10.1. The summed E-state index contributed by atoms with van der Waals surface area (Å²) in [5.41, 5.74) is 0.731. The van der Waals surface area contributed by atoms with Crippen molar-refractivity contribution in [1.82, 2.24) is 0 Å². The summed E-state index contributed by atoms with van der Waals surface area (Å²) in [5, 5.41) is 0. The van der Waals surface area contributed by atoms with Crippen molar-refractivity contribution in [1.29, 1.82) is 0 Å². The van der Waals surface area contributed by atoms with Gasteiger partial charge in [0.1, 0.15) is 5.75 Å². The number of fused-ring (bicyclic) bond motifs is 3. The van der Waals surface area contributed by atoms with E-state index in [1.807, 2.05) is 45.9 Å². The van der Waals surface area contributed by atoms with Crippen LogP contribution >= 0.6 is 0 Å². The third-order valence-corrected chi connectivity index (χ3v) is 13.0. The molecule has 4 bridgehead atoms. The van der Waals surface area contributed by atoms with Crippen LogP contribution in [0.25, 0.3) is 11.1 Å². The zero-order valence-electron chi connectivity index (χ0n) is 41.2. The van der Waals surface area contributed by atoms with E-state index < -0.39 is 81.8 Å². The second kappa shape index (κ2) is 10.8. The van der Waals surface area contributed by atoms with Gasteiger partial charge in [-0.2, -0.15) is 0 Å². The minimum absolute atomic E-state index is 0.0523. The number of benzene rings is 5. The van der Waals surface area contributed by atoms with Crippen molar-refractivity contribution in [2.45, 2.75) is 88.9 Å². The molecule has 0 radical (unpaired) electrons. The van der Waals surface area contributed by atoms with Crippen LogP contribution < -0.4 is 9.64 Å². The largest absolute Gasteiger partial charge is 0.455 e. The number of anilines is 3. The lowest BCUT2D eigenvalue weighted by Gasteiger charge is -2.63. The van der Waals surface area contributed by atoms with Crippen LogP contribution in [0.5, 0.6) is 11.5 Å². The van der Waals surface area contributed by atoms with Crippen molar-refractivity contribution in [2.75, 3.05) is 4.90 Å². The van der Waals surface area contributed by atoms with Crippen molar-refractivity contribution < 1.29 is 21.2 Å². The molecule has 11 rings (SSSR count). The van der Waals surface area contributed by atoms with Gasteiger partial charge in [-0.15, -0.1) is 0 Å². The van der Waals surface area contributed by atoms with Crippen LogP contribution in [-0.4, -0.2) is 0 Å². The zero-order valence-corrected chi connectivity index (χ0v) is 29.2. The standard InChI is InChI=1S/C48H49NO/c1-46(2)23-24-47(3,4)42-30-38(21-22-39(42)46)49(37-19-17-34(18-20-37)33-11-6-5-7-12-33)43-15-10-14-41-45(43)50-44-16-9-8-13-40(44)48(41)35-26-31-25-32(28-35)29-36(48)27-31/h5-22,30-32,35-36H,23-29H2,1-4H3/i5D,6D,7D,11D,12D,17D,18D,19D,20D,21D,22D,30D. The lowest BCUT2D eigenvalue weighted by Crippen LogP contribution is -2.57. The Morgan fingerprint density at radius 3 is 1.94 bits per heavy atom. The van der Waals surface area contributed by atoms with E-state index in [1.165, 1.54) is 11.3 Å². The van der Waals surface area contributed by atoms with Gasteiger partial charge in [0.2, 0.25) is 0 Å². The van der Waals surface area contributed by atoms with Gasteiger partial charge in [-0.3, -0.25) is 0 Å². The number of hydrogen-bond acceptors (Lipinski definition) is 2. The average Bonchev–Trinajstić information content (AvgIpc) is 3.23. The number of rotatable bonds is 4. The monoisotopic (exact) mass is 667 g/mol. The van der Waals surface area contributed by atoms with E-state index >= 15 is 0 Å². The summed E-state index contributed by atoms with van der Waals surface area (Å²) >= 11 is 0. The summed E-state index contributed by atoms with van der Waals surface area (Å²) < 4.78 is 117. The highest BCUT2D eigenvalue weighted by molar-refractivity contribution is 5.84. The van der Waals surface area contributed by atoms with Gasteiger partial charge in [-0.05, 0) is 138 Å². The summed E-state index contributed by atoms with van der Waals surface area (Å²) in [6.07, 6.45) is 7.02. The Balaban J connectivity index is 1.32. The van der Waals surface area contributed by atoms with Gasteiger partial charge in [0.05, 0.1) is 22.1 Å². The first kappa shape index (κ1) is 20.5. The van der Waals surface area contributed by atoms with Gasteiger partial charge in [-0.25, -0.2) is 0 Å². The maximum Gasteiger partial charge on any atom is 0.155 e. The lowest BCUT2D eigenvalue weighted by molar-refractivity contribution is -0.0451. The molecule has 50 heavy (non-hydrogen) atoms. The summed E-state index contributed by atoms with van der Waals surface area (Å²) in [5.74, 6) is 3.08. The third kappa shape index (κ3) is 4.39. The first-order chi connectivity index (χ1) is 29.2. The topological polar surface area (TPSA) is 12.5 Å². The summed E-state index contributed by atoms with van der Waals surface area (Å²) in [6.45, 7) is 8.11. The number of nitrogens with zero attached hydrogens (tertiary/aromatic N) is 1. The quantitative estimate of drug-likeness (QED) is 0.189. The van der Waals surface area contributed by atoms with Gasteiger partial charge < -0.3 is 9.64 Å². The van der Waals surface area contributed by atoms with Gasteiger partial charge in [0.15, 0.2) is 5.75 Å². The fourth-order valence-corrected chi connectivity index (χ4v) is 10.8. The Morgan fingerprint density at radius 1 is 0.600 bits per heavy atom. The Morgan fingerprint density at radius 2 is 1.22 bits per heavy atom. The molecule has 0 saturated heterocycles. The van der Waals surface area contributed by atoms with Gasteiger partial charge in [0.25, 0.3) is 0 Å². The van der Waals surface area contributed by atoms with Crippen LogP contribution in [0.2, 0.25) is 0 Å². The summed E-state index contributed by atoms with van der Waals surface area (Å²) in [6, 6.07) is 7.67. The van der Waals surface area contributed by atoms with Crippen molar-refractivity contribution in [3.63, 3.8) is 0 Å². The molecule has 0 unspecified atom stereocenters. The van der Waals surface area contributed by atoms with E-state index in [-0.39, 0.29) is 29.5 Å². The predicted molar refractivity (Wildman–Crippen MR) is 206 cm³/mol. The normalized spacial score (nSPS) is 31.0. The van der Waals surface area contributed by atoms with Crippen LogP contribution in [0.1, 0.15) is 111 Å². The minimum atomic E-state index is -0.670. The summed E-state index contributed by atoms with van der Waals surface area (Å²) in [7, 11) is 0. The third-order valence-electron chi connectivity index (χ3n) is 13.0. The molecule has 5 aliphatic carbocycles. The highest BCUT2D eigenvalue weighted by atomic mass is 16.5. The summed E-state index contributed by atoms with van der Waals surface area (Å²) in [4.78, 5) is 1.43. The highest BCUT2D eigenvalue weighted by Crippen LogP contribution is 2.69. The molecule has 2 heteroatoms. The molecule has 5 aromatic rings. The van der Waals surface area contributed by atoms with E-state index in [4.69, 9.17) is 11.6 Å². The molecule has 4 saturated carbocycles. The first-order valence-electron chi connectivity index (χ1n) is 24.3. The molecule has 6 aliphatic rings. The van der Waals surface area contributed by atoms with Crippen LogP contribution in [0.4, 0.5) is 17.1 Å². The molecule has 4 fully saturated rings.